The van der Waals surface area contributed by atoms with Gasteiger partial charge in [-0.3, -0.25) is 0 Å². The summed E-state index contributed by atoms with van der Waals surface area (Å²) in [5.74, 6) is 0.847. The van der Waals surface area contributed by atoms with Gasteiger partial charge in [0.05, 0.1) is 11.0 Å². The maximum atomic E-state index is 6.13. The van der Waals surface area contributed by atoms with Crippen molar-refractivity contribution in [3.8, 4) is 11.4 Å². The van der Waals surface area contributed by atoms with Crippen LogP contribution >= 0.6 is 23.2 Å². The van der Waals surface area contributed by atoms with Crippen LogP contribution in [0.25, 0.3) is 22.4 Å². The molecule has 0 N–H and O–H groups in total. The molecule has 2 aromatic carbocycles. The van der Waals surface area contributed by atoms with Crippen LogP contribution in [0.15, 0.2) is 66.9 Å². The van der Waals surface area contributed by atoms with E-state index in [1.54, 1.807) is 12.3 Å². The molecule has 24 heavy (non-hydrogen) atoms. The fourth-order valence-electron chi connectivity index (χ4n) is 2.76. The number of rotatable bonds is 3. The molecule has 3 nitrogen and oxygen atoms in total. The quantitative estimate of drug-likeness (QED) is 0.458. The molecule has 118 valence electrons. The van der Waals surface area contributed by atoms with E-state index < -0.39 is 0 Å². The summed E-state index contributed by atoms with van der Waals surface area (Å²) in [5, 5.41) is 1.14. The Kier molecular flexibility index (Phi) is 3.97. The summed E-state index contributed by atoms with van der Waals surface area (Å²) in [5.41, 5.74) is 4.02. The Morgan fingerprint density at radius 3 is 2.50 bits per heavy atom. The lowest BCUT2D eigenvalue weighted by Crippen LogP contribution is -2.02. The standard InChI is InChI=1S/C19H13Cl2N3/c20-15-7-8-17-16(10-15)23-19(14-6-9-18(21)22-11-14)24(17)12-13-4-2-1-3-5-13/h1-11H,12H2. The van der Waals surface area contributed by atoms with Crippen molar-refractivity contribution in [1.82, 2.24) is 14.5 Å². The van der Waals surface area contributed by atoms with Gasteiger partial charge >= 0.3 is 0 Å². The molecular weight excluding hydrogens is 341 g/mol. The molecule has 0 fully saturated rings. The normalized spacial score (nSPS) is 11.1. The van der Waals surface area contributed by atoms with Crippen molar-refractivity contribution >= 4 is 34.2 Å². The molecule has 0 atom stereocenters. The number of nitrogens with zero attached hydrogens (tertiary/aromatic N) is 3. The molecule has 0 amide bonds. The molecular formula is C19H13Cl2N3. The maximum Gasteiger partial charge on any atom is 0.143 e. The number of hydrogen-bond acceptors (Lipinski definition) is 2. The summed E-state index contributed by atoms with van der Waals surface area (Å²) in [6, 6.07) is 19.8. The first-order chi connectivity index (χ1) is 11.7. The molecule has 0 aliphatic carbocycles. The smallest absolute Gasteiger partial charge is 0.143 e. The molecule has 0 spiro atoms. The summed E-state index contributed by atoms with van der Waals surface area (Å²) in [7, 11) is 0. The van der Waals surface area contributed by atoms with Gasteiger partial charge in [0.25, 0.3) is 0 Å². The summed E-state index contributed by atoms with van der Waals surface area (Å²) >= 11 is 12.0. The van der Waals surface area contributed by atoms with Crippen molar-refractivity contribution in [3.05, 3.63) is 82.6 Å². The van der Waals surface area contributed by atoms with Crippen LogP contribution in [0.3, 0.4) is 0 Å². The van der Waals surface area contributed by atoms with Crippen LogP contribution in [0, 0.1) is 0 Å². The average molecular weight is 354 g/mol. The maximum absolute atomic E-state index is 6.13. The molecule has 0 saturated carbocycles. The minimum absolute atomic E-state index is 0.465. The van der Waals surface area contributed by atoms with E-state index in [-0.39, 0.29) is 0 Å². The van der Waals surface area contributed by atoms with Crippen molar-refractivity contribution in [3.63, 3.8) is 0 Å². The van der Waals surface area contributed by atoms with Gasteiger partial charge in [-0.05, 0) is 35.9 Å². The monoisotopic (exact) mass is 353 g/mol. The molecule has 0 saturated heterocycles. The van der Waals surface area contributed by atoms with Crippen LogP contribution in [-0.2, 0) is 6.54 Å². The lowest BCUT2D eigenvalue weighted by Gasteiger charge is -2.09. The van der Waals surface area contributed by atoms with Crippen LogP contribution in [0.1, 0.15) is 5.56 Å². The van der Waals surface area contributed by atoms with Gasteiger partial charge in [0, 0.05) is 23.3 Å². The van der Waals surface area contributed by atoms with E-state index >= 15 is 0 Å². The Hall–Kier alpha value is -2.36. The summed E-state index contributed by atoms with van der Waals surface area (Å²) < 4.78 is 2.17. The highest BCUT2D eigenvalue weighted by atomic mass is 35.5. The van der Waals surface area contributed by atoms with Gasteiger partial charge in [0.15, 0.2) is 0 Å². The Morgan fingerprint density at radius 1 is 0.917 bits per heavy atom. The van der Waals surface area contributed by atoms with Gasteiger partial charge in [-0.1, -0.05) is 53.5 Å². The van der Waals surface area contributed by atoms with E-state index in [0.717, 1.165) is 29.0 Å². The van der Waals surface area contributed by atoms with Crippen LogP contribution in [0.2, 0.25) is 10.2 Å². The molecule has 0 aliphatic rings. The predicted octanol–water partition coefficient (Wildman–Crippen LogP) is 5.45. The van der Waals surface area contributed by atoms with Crippen LogP contribution < -0.4 is 0 Å². The molecule has 0 unspecified atom stereocenters. The minimum Gasteiger partial charge on any atom is -0.319 e. The number of aromatic nitrogens is 3. The zero-order valence-electron chi connectivity index (χ0n) is 12.7. The Balaban J connectivity index is 1.91. The molecule has 2 aromatic heterocycles. The van der Waals surface area contributed by atoms with Gasteiger partial charge in [0.1, 0.15) is 11.0 Å². The summed E-state index contributed by atoms with van der Waals surface area (Å²) in [6.07, 6.45) is 1.74. The fourth-order valence-corrected chi connectivity index (χ4v) is 3.04. The zero-order valence-corrected chi connectivity index (χ0v) is 14.2. The molecule has 4 rings (SSSR count). The van der Waals surface area contributed by atoms with E-state index in [9.17, 15) is 0 Å². The number of imidazole rings is 1. The highest BCUT2D eigenvalue weighted by Crippen LogP contribution is 2.27. The number of hydrogen-bond donors (Lipinski definition) is 0. The van der Waals surface area contributed by atoms with E-state index in [0.29, 0.717) is 10.2 Å². The first kappa shape index (κ1) is 15.2. The molecule has 4 aromatic rings. The van der Waals surface area contributed by atoms with E-state index in [4.69, 9.17) is 28.2 Å². The summed E-state index contributed by atoms with van der Waals surface area (Å²) in [6.45, 7) is 0.719. The van der Waals surface area contributed by atoms with Crippen LogP contribution in [-0.4, -0.2) is 14.5 Å². The van der Waals surface area contributed by atoms with Gasteiger partial charge in [0.2, 0.25) is 0 Å². The Morgan fingerprint density at radius 2 is 1.75 bits per heavy atom. The predicted molar refractivity (Wildman–Crippen MR) is 98.5 cm³/mol. The van der Waals surface area contributed by atoms with Gasteiger partial charge in [-0.2, -0.15) is 0 Å². The third-order valence-corrected chi connectivity index (χ3v) is 4.34. The number of pyridine rings is 1. The highest BCUT2D eigenvalue weighted by molar-refractivity contribution is 6.31. The lowest BCUT2D eigenvalue weighted by molar-refractivity contribution is 0.834. The first-order valence-corrected chi connectivity index (χ1v) is 8.28. The summed E-state index contributed by atoms with van der Waals surface area (Å²) in [4.78, 5) is 8.94. The lowest BCUT2D eigenvalue weighted by atomic mass is 10.2. The van der Waals surface area contributed by atoms with Gasteiger partial charge in [-0.25, -0.2) is 9.97 Å². The molecule has 5 heteroatoms. The third-order valence-electron chi connectivity index (χ3n) is 3.88. The number of fused-ring (bicyclic) bond motifs is 1. The van der Waals surface area contributed by atoms with Gasteiger partial charge in [-0.15, -0.1) is 0 Å². The number of benzene rings is 2. The molecule has 0 bridgehead atoms. The highest BCUT2D eigenvalue weighted by Gasteiger charge is 2.13. The zero-order chi connectivity index (χ0) is 16.5. The second kappa shape index (κ2) is 6.27. The Bertz CT molecular complexity index is 992. The Labute approximate surface area is 149 Å². The molecule has 0 aliphatic heterocycles. The molecule has 0 radical (unpaired) electrons. The van der Waals surface area contributed by atoms with Crippen molar-refractivity contribution in [1.29, 1.82) is 0 Å². The first-order valence-electron chi connectivity index (χ1n) is 7.52. The van der Waals surface area contributed by atoms with E-state index in [1.165, 1.54) is 5.56 Å². The second-order valence-corrected chi connectivity index (χ2v) is 6.33. The third kappa shape index (κ3) is 2.88. The average Bonchev–Trinajstić information content (AvgIpc) is 2.94. The molecule has 2 heterocycles. The second-order valence-electron chi connectivity index (χ2n) is 5.51. The number of halogens is 2. The minimum atomic E-state index is 0.465. The largest absolute Gasteiger partial charge is 0.319 e. The topological polar surface area (TPSA) is 30.7 Å². The fraction of sp³-hybridized carbons (Fsp3) is 0.0526. The van der Waals surface area contributed by atoms with Crippen molar-refractivity contribution in [2.75, 3.05) is 0 Å². The van der Waals surface area contributed by atoms with Crippen molar-refractivity contribution in [2.24, 2.45) is 0 Å². The van der Waals surface area contributed by atoms with E-state index in [2.05, 4.69) is 21.7 Å². The van der Waals surface area contributed by atoms with Crippen LogP contribution in [0.5, 0.6) is 0 Å². The van der Waals surface area contributed by atoms with Crippen LogP contribution in [0.4, 0.5) is 0 Å². The SMILES string of the molecule is Clc1ccc2c(c1)nc(-c1ccc(Cl)nc1)n2Cc1ccccc1. The van der Waals surface area contributed by atoms with Crippen molar-refractivity contribution in [2.45, 2.75) is 6.54 Å². The van der Waals surface area contributed by atoms with Crippen molar-refractivity contribution < 1.29 is 0 Å². The van der Waals surface area contributed by atoms with E-state index in [1.807, 2.05) is 42.5 Å². The van der Waals surface area contributed by atoms with Gasteiger partial charge < -0.3 is 4.57 Å².